The highest BCUT2D eigenvalue weighted by Gasteiger charge is 2.39. The number of aliphatic carboxylic acids is 1. The number of halogens is 7. The van der Waals surface area contributed by atoms with Gasteiger partial charge in [-0.25, -0.2) is 9.59 Å². The Hall–Kier alpha value is -5.69. The van der Waals surface area contributed by atoms with Gasteiger partial charge < -0.3 is 44.9 Å². The maximum absolute atomic E-state index is 14.8. The maximum atomic E-state index is 14.8. The molecule has 4 N–H and O–H groups in total. The Labute approximate surface area is 347 Å². The summed E-state index contributed by atoms with van der Waals surface area (Å²) in [6.45, 7) is 2.02. The second-order valence-electron chi connectivity index (χ2n) is 13.9. The number of carboxylic acid groups (broad SMARTS) is 2. The third kappa shape index (κ3) is 14.0. The number of amides is 3. The molecule has 20 heteroatoms. The lowest BCUT2D eigenvalue weighted by Crippen LogP contribution is -2.58. The number of fused-ring (bicyclic) bond motifs is 2. The van der Waals surface area contributed by atoms with Crippen LogP contribution in [0.4, 0.5) is 42.5 Å². The molecule has 0 radical (unpaired) electrons. The first-order valence-corrected chi connectivity index (χ1v) is 18.7. The smallest absolute Gasteiger partial charge is 0.490 e. The lowest BCUT2D eigenvalue weighted by Gasteiger charge is -2.40. The molecule has 3 atom stereocenters. The number of piperazine rings is 1. The summed E-state index contributed by atoms with van der Waals surface area (Å²) in [7, 11) is 5.76. The summed E-state index contributed by atoms with van der Waals surface area (Å²) in [5.74, 6) is -2.12. The van der Waals surface area contributed by atoms with Crippen molar-refractivity contribution in [2.75, 3.05) is 70.3 Å². The first kappa shape index (κ1) is 48.7. The number of rotatable bonds is 8. The molecule has 3 aromatic carbocycles. The average Bonchev–Trinajstić information content (AvgIpc) is 3.63. The van der Waals surface area contributed by atoms with Crippen LogP contribution in [0.3, 0.4) is 0 Å². The van der Waals surface area contributed by atoms with Gasteiger partial charge in [-0.2, -0.15) is 26.3 Å². The Morgan fingerprint density at radius 1 is 1.02 bits per heavy atom. The number of alkyl halides is 6. The molecule has 328 valence electrons. The summed E-state index contributed by atoms with van der Waals surface area (Å²) in [4.78, 5) is 57.4. The number of aromatic amines is 1. The standard InChI is InChI=1S/C36H43ClN6O3.C2HF3O2.CHF3.CH2O2/c1-24(31-21-38-32-8-6-5-7-30(31)32)34(35(44)43-23-25(22-40(2)3)19-26-20-27(37)9-14-33(26)43)39-36(45)42-17-15-41(16-18-42)28-10-12-29(46-4)13-11-28;3-2(4,5)1(6)7;2-1(3)4;2-1-3/h5-14,20-21,24-25,34,38H,15-19,22-23H2,1-4H3,(H,39,45);(H,6,7);1H;1H,(H,2,3)/t24?,25-,34?;;;/m1.../s1. The monoisotopic (exact) mass is 872 g/mol. The van der Waals surface area contributed by atoms with Crippen molar-refractivity contribution in [1.82, 2.24) is 20.1 Å². The molecule has 6 rings (SSSR count). The summed E-state index contributed by atoms with van der Waals surface area (Å²) in [6, 6.07) is 20.8. The molecule has 60 heavy (non-hydrogen) atoms. The van der Waals surface area contributed by atoms with Crippen molar-refractivity contribution in [2.24, 2.45) is 5.92 Å². The van der Waals surface area contributed by atoms with E-state index in [9.17, 15) is 35.9 Å². The molecule has 3 amide bonds. The van der Waals surface area contributed by atoms with Gasteiger partial charge in [0.25, 0.3) is 6.47 Å². The molecule has 2 aliphatic rings. The lowest BCUT2D eigenvalue weighted by atomic mass is 9.88. The fraction of sp³-hybridized carbons (Fsp3) is 0.400. The van der Waals surface area contributed by atoms with Crippen molar-refractivity contribution in [3.63, 3.8) is 0 Å². The molecule has 0 aliphatic carbocycles. The summed E-state index contributed by atoms with van der Waals surface area (Å²) in [6.07, 6.45) is -2.28. The van der Waals surface area contributed by atoms with E-state index < -0.39 is 24.9 Å². The van der Waals surface area contributed by atoms with Gasteiger partial charge >= 0.3 is 24.9 Å². The molecule has 0 saturated carbocycles. The van der Waals surface area contributed by atoms with Crippen LogP contribution in [0.15, 0.2) is 72.9 Å². The number of urea groups is 1. The lowest BCUT2D eigenvalue weighted by molar-refractivity contribution is -0.192. The zero-order valence-corrected chi connectivity index (χ0v) is 33.9. The quantitative estimate of drug-likeness (QED) is 0.107. The Balaban J connectivity index is 0.000000596. The van der Waals surface area contributed by atoms with E-state index in [2.05, 4.69) is 40.3 Å². The SMILES string of the molecule is COc1ccc(N2CCN(C(=O)NC(C(=O)N3C[C@@H](CN(C)C)Cc4cc(Cl)ccc43)C(C)c3c[nH]c4ccccc34)CC2)cc1.FC(F)F.O=C(O)C(F)(F)F.O=CO. The van der Waals surface area contributed by atoms with E-state index in [-0.39, 0.29) is 30.2 Å². The first-order chi connectivity index (χ1) is 28.3. The number of aromatic nitrogens is 1. The number of anilines is 2. The van der Waals surface area contributed by atoms with E-state index in [1.165, 1.54) is 0 Å². The van der Waals surface area contributed by atoms with Gasteiger partial charge in [0.15, 0.2) is 0 Å². The number of carbonyl (C=O) groups excluding carboxylic acids is 2. The fourth-order valence-electron chi connectivity index (χ4n) is 6.96. The van der Waals surface area contributed by atoms with E-state index >= 15 is 0 Å². The molecule has 2 aliphatic heterocycles. The van der Waals surface area contributed by atoms with Crippen LogP contribution in [-0.4, -0.2) is 129 Å². The van der Waals surface area contributed by atoms with E-state index in [4.69, 9.17) is 36.1 Å². The van der Waals surface area contributed by atoms with Gasteiger partial charge in [-0.05, 0) is 86.1 Å². The van der Waals surface area contributed by atoms with E-state index in [1.807, 2.05) is 83.6 Å². The highest BCUT2D eigenvalue weighted by atomic mass is 35.5. The number of para-hydroxylation sites is 1. The number of carbonyl (C=O) groups is 4. The van der Waals surface area contributed by atoms with Crippen molar-refractivity contribution in [2.45, 2.75) is 38.2 Å². The zero-order valence-electron chi connectivity index (χ0n) is 33.1. The summed E-state index contributed by atoms with van der Waals surface area (Å²) in [5.41, 5.74) is 5.01. The third-order valence-electron chi connectivity index (χ3n) is 9.57. The molecular formula is C40H47ClF6N6O7. The van der Waals surface area contributed by atoms with Crippen LogP contribution in [0, 0.1) is 5.92 Å². The van der Waals surface area contributed by atoms with Crippen molar-refractivity contribution in [3.8, 4) is 5.75 Å². The normalized spacial score (nSPS) is 15.9. The fourth-order valence-corrected chi connectivity index (χ4v) is 7.16. The minimum Gasteiger partial charge on any atom is -0.497 e. The minimum atomic E-state index is -5.08. The largest absolute Gasteiger partial charge is 0.497 e. The first-order valence-electron chi connectivity index (χ1n) is 18.4. The van der Waals surface area contributed by atoms with E-state index in [0.29, 0.717) is 37.7 Å². The van der Waals surface area contributed by atoms with Gasteiger partial charge in [-0.1, -0.05) is 36.7 Å². The molecule has 1 aromatic heterocycles. The highest BCUT2D eigenvalue weighted by Crippen LogP contribution is 2.35. The van der Waals surface area contributed by atoms with E-state index in [0.717, 1.165) is 52.1 Å². The number of nitrogens with one attached hydrogen (secondary N) is 2. The van der Waals surface area contributed by atoms with Crippen LogP contribution in [0.1, 0.15) is 24.0 Å². The van der Waals surface area contributed by atoms with Crippen LogP contribution >= 0.6 is 11.6 Å². The van der Waals surface area contributed by atoms with Crippen molar-refractivity contribution >= 4 is 58.3 Å². The molecule has 13 nitrogen and oxygen atoms in total. The Morgan fingerprint density at radius 3 is 2.15 bits per heavy atom. The van der Waals surface area contributed by atoms with Gasteiger partial charge in [0.2, 0.25) is 5.91 Å². The highest BCUT2D eigenvalue weighted by molar-refractivity contribution is 6.30. The molecule has 0 spiro atoms. The van der Waals surface area contributed by atoms with Crippen LogP contribution in [0.2, 0.25) is 5.02 Å². The van der Waals surface area contributed by atoms with Gasteiger partial charge in [0, 0.05) is 78.7 Å². The van der Waals surface area contributed by atoms with Gasteiger partial charge in [-0.15, -0.1) is 0 Å². The number of H-pyrrole nitrogens is 1. The second kappa shape index (κ2) is 22.6. The number of hydrogen-bond acceptors (Lipinski definition) is 7. The number of ether oxygens (including phenoxy) is 1. The summed E-state index contributed by atoms with van der Waals surface area (Å²) < 4.78 is 66.0. The van der Waals surface area contributed by atoms with Gasteiger partial charge in [0.05, 0.1) is 7.11 Å². The Kier molecular flexibility index (Phi) is 18.3. The molecule has 1 saturated heterocycles. The number of benzene rings is 3. The van der Waals surface area contributed by atoms with Gasteiger partial charge in [0.1, 0.15) is 11.8 Å². The number of nitrogens with zero attached hydrogens (tertiary/aromatic N) is 4. The maximum Gasteiger partial charge on any atom is 0.490 e. The predicted molar refractivity (Wildman–Crippen MR) is 215 cm³/mol. The second-order valence-corrected chi connectivity index (χ2v) is 14.3. The number of methoxy groups -OCH3 is 1. The molecule has 0 bridgehead atoms. The molecule has 3 heterocycles. The third-order valence-corrected chi connectivity index (χ3v) is 9.81. The van der Waals surface area contributed by atoms with Crippen LogP contribution in [0.25, 0.3) is 10.9 Å². The molecule has 1 fully saturated rings. The van der Waals surface area contributed by atoms with Gasteiger partial charge in [-0.3, -0.25) is 9.59 Å². The van der Waals surface area contributed by atoms with Crippen molar-refractivity contribution in [1.29, 1.82) is 0 Å². The van der Waals surface area contributed by atoms with E-state index in [1.54, 1.807) is 7.11 Å². The number of carboxylic acids is 1. The molecule has 4 aromatic rings. The Morgan fingerprint density at radius 2 is 1.60 bits per heavy atom. The molecule has 2 unspecified atom stereocenters. The minimum absolute atomic E-state index is 0.116. The number of hydrogen-bond donors (Lipinski definition) is 4. The summed E-state index contributed by atoms with van der Waals surface area (Å²) >= 11 is 6.42. The van der Waals surface area contributed by atoms with Crippen LogP contribution in [-0.2, 0) is 20.8 Å². The summed E-state index contributed by atoms with van der Waals surface area (Å²) in [5, 5.41) is 18.9. The van der Waals surface area contributed by atoms with Crippen molar-refractivity contribution in [3.05, 3.63) is 89.1 Å². The van der Waals surface area contributed by atoms with Crippen molar-refractivity contribution < 1.29 is 60.5 Å². The Bertz CT molecular complexity index is 2010. The molecular weight excluding hydrogens is 826 g/mol. The van der Waals surface area contributed by atoms with Crippen LogP contribution in [0.5, 0.6) is 5.75 Å². The topological polar surface area (TPSA) is 159 Å². The average molecular weight is 873 g/mol. The predicted octanol–water partition coefficient (Wildman–Crippen LogP) is 7.11. The van der Waals surface area contributed by atoms with Crippen LogP contribution < -0.4 is 19.9 Å². The zero-order chi connectivity index (χ0) is 44.7.